The number of hydrogen-bond donors (Lipinski definition) is 5. The molecule has 0 aliphatic carbocycles. The minimum Gasteiger partial charge on any atom is -0.508 e. The molecule has 7 N–H and O–H groups in total. The highest BCUT2D eigenvalue weighted by Gasteiger charge is 2.55. The highest BCUT2D eigenvalue weighted by Crippen LogP contribution is 2.57. The van der Waals surface area contributed by atoms with Gasteiger partial charge >= 0.3 is 11.9 Å². The molecule has 1 spiro atoms. The summed E-state index contributed by atoms with van der Waals surface area (Å²) in [5, 5.41) is 29.5. The van der Waals surface area contributed by atoms with Crippen LogP contribution in [0.5, 0.6) is 23.0 Å². The van der Waals surface area contributed by atoms with Crippen molar-refractivity contribution in [1.82, 2.24) is 0 Å². The summed E-state index contributed by atoms with van der Waals surface area (Å²) in [4.78, 5) is 24.9. The molecule has 0 aromatic heterocycles. The zero-order valence-corrected chi connectivity index (χ0v) is 15.8. The fourth-order valence-electron chi connectivity index (χ4n) is 4.35. The lowest BCUT2D eigenvalue weighted by Crippen LogP contribution is -2.33. The highest BCUT2D eigenvalue weighted by molar-refractivity contribution is 6.02. The Morgan fingerprint density at radius 1 is 0.903 bits per heavy atom. The van der Waals surface area contributed by atoms with Crippen molar-refractivity contribution in [2.24, 2.45) is 11.5 Å². The van der Waals surface area contributed by atoms with Gasteiger partial charge in [-0.3, -0.25) is 0 Å². The second-order valence-corrected chi connectivity index (χ2v) is 7.31. The van der Waals surface area contributed by atoms with E-state index in [2.05, 4.69) is 0 Å². The Labute approximate surface area is 175 Å². The van der Waals surface area contributed by atoms with Gasteiger partial charge in [0.15, 0.2) is 5.60 Å². The number of hydrogen-bond acceptors (Lipinski definition) is 8. The molecular weight excluding hydrogens is 404 g/mol. The molecule has 2 heterocycles. The number of nitrogens with two attached hydrogens (primary N) is 2. The Kier molecular flexibility index (Phi) is 3.79. The van der Waals surface area contributed by atoms with Gasteiger partial charge in [-0.2, -0.15) is 0 Å². The Bertz CT molecular complexity index is 1250. The number of fused-ring (bicyclic) bond motifs is 6. The van der Waals surface area contributed by atoms with Crippen LogP contribution in [0.2, 0.25) is 0 Å². The van der Waals surface area contributed by atoms with E-state index in [1.54, 1.807) is 12.1 Å². The minimum atomic E-state index is -1.52. The van der Waals surface area contributed by atoms with Crippen LogP contribution in [0, 0.1) is 0 Å². The topological polar surface area (TPSA) is 165 Å². The van der Waals surface area contributed by atoms with Crippen LogP contribution in [0.4, 0.5) is 0 Å². The van der Waals surface area contributed by atoms with Crippen LogP contribution in [-0.2, 0) is 10.3 Å². The molecule has 0 bridgehead atoms. The quantitative estimate of drug-likeness (QED) is 0.309. The maximum Gasteiger partial charge on any atom is 0.340 e. The summed E-state index contributed by atoms with van der Waals surface area (Å²) in [7, 11) is 0. The van der Waals surface area contributed by atoms with E-state index in [1.165, 1.54) is 36.4 Å². The predicted molar refractivity (Wildman–Crippen MR) is 106 cm³/mol. The zero-order valence-electron chi connectivity index (χ0n) is 15.8. The van der Waals surface area contributed by atoms with Gasteiger partial charge in [-0.1, -0.05) is 6.07 Å². The second kappa shape index (κ2) is 6.21. The summed E-state index contributed by atoms with van der Waals surface area (Å²) in [6.45, 7) is 0. The first kappa shape index (κ1) is 18.9. The number of rotatable bonds is 2. The van der Waals surface area contributed by atoms with Crippen LogP contribution >= 0.6 is 0 Å². The van der Waals surface area contributed by atoms with Crippen molar-refractivity contribution in [2.45, 2.75) is 11.8 Å². The van der Waals surface area contributed by atoms with Crippen LogP contribution in [0.15, 0.2) is 48.5 Å². The van der Waals surface area contributed by atoms with E-state index in [0.29, 0.717) is 16.7 Å². The van der Waals surface area contributed by atoms with Gasteiger partial charge in [-0.15, -0.1) is 0 Å². The summed E-state index contributed by atoms with van der Waals surface area (Å²) < 4.78 is 11.8. The Morgan fingerprint density at radius 3 is 1.97 bits per heavy atom. The summed E-state index contributed by atoms with van der Waals surface area (Å²) in [6.07, 6.45) is -1.25. The smallest absolute Gasteiger partial charge is 0.340 e. The third-order valence-corrected chi connectivity index (χ3v) is 5.55. The van der Waals surface area contributed by atoms with Crippen molar-refractivity contribution in [3.8, 4) is 23.0 Å². The number of benzene rings is 3. The van der Waals surface area contributed by atoms with Gasteiger partial charge in [0.05, 0.1) is 17.3 Å². The van der Waals surface area contributed by atoms with Crippen molar-refractivity contribution in [3.63, 3.8) is 0 Å². The normalized spacial score (nSPS) is 15.1. The molecule has 3 aromatic rings. The molecule has 9 nitrogen and oxygen atoms in total. The van der Waals surface area contributed by atoms with Crippen molar-refractivity contribution in [3.05, 3.63) is 81.9 Å². The summed E-state index contributed by atoms with van der Waals surface area (Å²) >= 11 is 0. The van der Waals surface area contributed by atoms with E-state index in [1.807, 2.05) is 0 Å². The minimum absolute atomic E-state index is 0.0325. The van der Waals surface area contributed by atoms with Gasteiger partial charge in [0.25, 0.3) is 0 Å². The van der Waals surface area contributed by atoms with Crippen molar-refractivity contribution in [2.75, 3.05) is 0 Å². The number of esters is 1. The number of carbonyl (C=O) groups excluding carboxylic acids is 1. The Balaban J connectivity index is 1.91. The number of carboxylic acid groups (broad SMARTS) is 1. The van der Waals surface area contributed by atoms with Crippen molar-refractivity contribution in [1.29, 1.82) is 0 Å². The predicted octanol–water partition coefficient (Wildman–Crippen LogP) is 2.28. The van der Waals surface area contributed by atoms with Crippen LogP contribution in [0.3, 0.4) is 0 Å². The second-order valence-electron chi connectivity index (χ2n) is 7.31. The molecule has 2 aliphatic rings. The molecule has 2 aliphatic heterocycles. The van der Waals surface area contributed by atoms with Crippen molar-refractivity contribution >= 4 is 11.9 Å². The number of aromatic carboxylic acids is 1. The van der Waals surface area contributed by atoms with E-state index in [0.717, 1.165) is 0 Å². The molecule has 3 aromatic carbocycles. The largest absolute Gasteiger partial charge is 0.508 e. The maximum atomic E-state index is 13.1. The van der Waals surface area contributed by atoms with Gasteiger partial charge in [0, 0.05) is 34.4 Å². The summed E-state index contributed by atoms with van der Waals surface area (Å²) in [5.41, 5.74) is 11.1. The number of carboxylic acids is 1. The highest BCUT2D eigenvalue weighted by atomic mass is 16.6. The van der Waals surface area contributed by atoms with Crippen LogP contribution < -0.4 is 16.2 Å². The van der Waals surface area contributed by atoms with Gasteiger partial charge in [0.2, 0.25) is 0 Å². The number of phenolic OH excluding ortho intramolecular Hbond substituents is 2. The van der Waals surface area contributed by atoms with Crippen LogP contribution in [-0.4, -0.2) is 27.3 Å². The first-order valence-corrected chi connectivity index (χ1v) is 9.24. The average molecular weight is 420 g/mol. The SMILES string of the molecule is NC(N)c1c(C(=O)O)ccc2c1C(=O)OC21c2ccc(O)cc2Oc2cc(O)ccc21. The maximum absolute atomic E-state index is 13.1. The first-order valence-electron chi connectivity index (χ1n) is 9.24. The Hall–Kier alpha value is -4.08. The number of carbonyl (C=O) groups is 2. The van der Waals surface area contributed by atoms with E-state index in [4.69, 9.17) is 20.9 Å². The van der Waals surface area contributed by atoms with Gasteiger partial charge in [0.1, 0.15) is 23.0 Å². The fourth-order valence-corrected chi connectivity index (χ4v) is 4.35. The molecule has 31 heavy (non-hydrogen) atoms. The van der Waals surface area contributed by atoms with Crippen LogP contribution in [0.25, 0.3) is 0 Å². The molecule has 0 saturated carbocycles. The summed E-state index contributed by atoms with van der Waals surface area (Å²) in [5.74, 6) is -1.82. The van der Waals surface area contributed by atoms with Crippen molar-refractivity contribution < 1.29 is 34.4 Å². The molecule has 156 valence electrons. The fraction of sp³-hybridized carbons (Fsp3) is 0.0909. The van der Waals surface area contributed by atoms with Gasteiger partial charge < -0.3 is 36.3 Å². The molecule has 0 fully saturated rings. The Morgan fingerprint density at radius 2 is 1.45 bits per heavy atom. The third-order valence-electron chi connectivity index (χ3n) is 5.55. The summed E-state index contributed by atoms with van der Waals surface area (Å²) in [6, 6.07) is 11.5. The lowest BCUT2D eigenvalue weighted by Gasteiger charge is -2.36. The van der Waals surface area contributed by atoms with Gasteiger partial charge in [-0.25, -0.2) is 9.59 Å². The average Bonchev–Trinajstić information content (AvgIpc) is 3.00. The van der Waals surface area contributed by atoms with E-state index in [9.17, 15) is 24.9 Å². The molecule has 9 heteroatoms. The lowest BCUT2D eigenvalue weighted by molar-refractivity contribution is 0.0223. The van der Waals surface area contributed by atoms with E-state index < -0.39 is 23.7 Å². The standard InChI is InChI=1S/C22H16N2O7/c23-19(24)17-11(20(27)28)3-6-14-18(17)21(29)31-22(14)12-4-1-9(25)7-15(12)30-16-8-10(26)2-5-13(16)22/h1-8,19,25-26H,23-24H2,(H,27,28). The molecule has 0 amide bonds. The number of aromatic hydroxyl groups is 2. The molecule has 0 atom stereocenters. The van der Waals surface area contributed by atoms with Crippen LogP contribution in [0.1, 0.15) is 49.1 Å². The molecule has 5 rings (SSSR count). The molecule has 0 unspecified atom stereocenters. The molecule has 0 radical (unpaired) electrons. The molecular formula is C22H16N2O7. The van der Waals surface area contributed by atoms with Gasteiger partial charge in [-0.05, 0) is 30.3 Å². The monoisotopic (exact) mass is 420 g/mol. The lowest BCUT2D eigenvalue weighted by atomic mass is 9.76. The number of phenols is 2. The third kappa shape index (κ3) is 2.44. The number of ether oxygens (including phenoxy) is 2. The zero-order chi connectivity index (χ0) is 22.1. The van der Waals surface area contributed by atoms with E-state index >= 15 is 0 Å². The molecule has 0 saturated heterocycles. The first-order chi connectivity index (χ1) is 14.7. The van der Waals surface area contributed by atoms with E-state index in [-0.39, 0.29) is 39.7 Å².